The second-order valence-corrected chi connectivity index (χ2v) is 8.44. The first kappa shape index (κ1) is 19.5. The molecule has 5 nitrogen and oxygen atoms in total. The average Bonchev–Trinajstić information content (AvgIpc) is 3.02. The van der Waals surface area contributed by atoms with E-state index in [-0.39, 0.29) is 5.41 Å². The van der Waals surface area contributed by atoms with Gasteiger partial charge in [-0.3, -0.25) is 4.99 Å². The fourth-order valence-corrected chi connectivity index (χ4v) is 4.07. The van der Waals surface area contributed by atoms with E-state index in [1.807, 2.05) is 7.05 Å². The maximum absolute atomic E-state index is 6.08. The molecule has 2 aliphatic heterocycles. The van der Waals surface area contributed by atoms with Crippen LogP contribution in [0.3, 0.4) is 0 Å². The van der Waals surface area contributed by atoms with Gasteiger partial charge in [-0.25, -0.2) is 0 Å². The van der Waals surface area contributed by atoms with E-state index in [1.54, 1.807) is 0 Å². The summed E-state index contributed by atoms with van der Waals surface area (Å²) < 4.78 is 6.08. The largest absolute Gasteiger partial charge is 0.377 e. The Balaban J connectivity index is 1.76. The van der Waals surface area contributed by atoms with Crippen LogP contribution in [-0.4, -0.2) is 63.3 Å². The minimum absolute atomic E-state index is 0.192. The zero-order chi connectivity index (χ0) is 17.6. The highest BCUT2D eigenvalue weighted by molar-refractivity contribution is 5.79. The summed E-state index contributed by atoms with van der Waals surface area (Å²) in [5.74, 6) is 2.23. The van der Waals surface area contributed by atoms with Crippen molar-refractivity contribution in [2.24, 2.45) is 22.2 Å². The molecule has 140 valence electrons. The van der Waals surface area contributed by atoms with Crippen molar-refractivity contribution in [3.63, 3.8) is 0 Å². The summed E-state index contributed by atoms with van der Waals surface area (Å²) in [5.41, 5.74) is 0.192. The van der Waals surface area contributed by atoms with Gasteiger partial charge in [-0.15, -0.1) is 0 Å². The summed E-state index contributed by atoms with van der Waals surface area (Å²) >= 11 is 0. The van der Waals surface area contributed by atoms with E-state index in [2.05, 4.69) is 48.2 Å². The van der Waals surface area contributed by atoms with Crippen LogP contribution in [0.5, 0.6) is 0 Å². The number of nitrogens with zero attached hydrogens (tertiary/aromatic N) is 2. The van der Waals surface area contributed by atoms with Gasteiger partial charge in [0.1, 0.15) is 0 Å². The van der Waals surface area contributed by atoms with Gasteiger partial charge in [-0.05, 0) is 43.7 Å². The van der Waals surface area contributed by atoms with E-state index in [4.69, 9.17) is 4.74 Å². The lowest BCUT2D eigenvalue weighted by Gasteiger charge is -2.40. The maximum atomic E-state index is 6.08. The zero-order valence-corrected chi connectivity index (χ0v) is 16.4. The highest BCUT2D eigenvalue weighted by Crippen LogP contribution is 2.33. The molecule has 2 fully saturated rings. The minimum Gasteiger partial charge on any atom is -0.377 e. The predicted molar refractivity (Wildman–Crippen MR) is 102 cm³/mol. The predicted octanol–water partition coefficient (Wildman–Crippen LogP) is 2.33. The quantitative estimate of drug-likeness (QED) is 0.597. The van der Waals surface area contributed by atoms with Crippen LogP contribution in [-0.2, 0) is 4.74 Å². The van der Waals surface area contributed by atoms with Gasteiger partial charge in [0.2, 0.25) is 0 Å². The Morgan fingerprint density at radius 2 is 1.96 bits per heavy atom. The summed E-state index contributed by atoms with van der Waals surface area (Å²) in [6, 6.07) is 0. The fourth-order valence-electron chi connectivity index (χ4n) is 4.07. The molecule has 3 unspecified atom stereocenters. The molecule has 2 saturated heterocycles. The van der Waals surface area contributed by atoms with Crippen LogP contribution >= 0.6 is 0 Å². The van der Waals surface area contributed by atoms with Crippen LogP contribution in [0.15, 0.2) is 4.99 Å². The lowest BCUT2D eigenvalue weighted by molar-refractivity contribution is -0.0835. The molecule has 5 heteroatoms. The van der Waals surface area contributed by atoms with E-state index in [9.17, 15) is 0 Å². The molecule has 0 radical (unpaired) electrons. The van der Waals surface area contributed by atoms with Crippen LogP contribution in [0.25, 0.3) is 0 Å². The molecule has 24 heavy (non-hydrogen) atoms. The van der Waals surface area contributed by atoms with Gasteiger partial charge in [0.05, 0.1) is 6.10 Å². The summed E-state index contributed by atoms with van der Waals surface area (Å²) in [4.78, 5) is 6.92. The molecular weight excluding hydrogens is 300 g/mol. The number of hydrogen-bond acceptors (Lipinski definition) is 3. The van der Waals surface area contributed by atoms with Crippen molar-refractivity contribution in [3.8, 4) is 0 Å². The van der Waals surface area contributed by atoms with Crippen LogP contribution in [0.4, 0.5) is 0 Å². The highest BCUT2D eigenvalue weighted by Gasteiger charge is 2.35. The summed E-state index contributed by atoms with van der Waals surface area (Å²) in [7, 11) is 1.86. The van der Waals surface area contributed by atoms with Crippen molar-refractivity contribution >= 4 is 5.96 Å². The highest BCUT2D eigenvalue weighted by atomic mass is 16.5. The Bertz CT molecular complexity index is 405. The molecule has 0 saturated carbocycles. The summed E-state index contributed by atoms with van der Waals surface area (Å²) in [6.07, 6.45) is 4.02. The SMILES string of the molecule is CCN1CCC(CNC(=NC)NCC2CCCOC2C(C)(C)C)C1. The molecule has 2 heterocycles. The lowest BCUT2D eigenvalue weighted by atomic mass is 9.78. The topological polar surface area (TPSA) is 48.9 Å². The van der Waals surface area contributed by atoms with E-state index in [0.717, 1.165) is 31.6 Å². The number of hydrogen-bond donors (Lipinski definition) is 2. The molecule has 0 spiro atoms. The van der Waals surface area contributed by atoms with Crippen molar-refractivity contribution in [2.75, 3.05) is 46.4 Å². The Morgan fingerprint density at radius 1 is 1.21 bits per heavy atom. The number of nitrogens with one attached hydrogen (secondary N) is 2. The van der Waals surface area contributed by atoms with Gasteiger partial charge < -0.3 is 20.3 Å². The molecule has 2 N–H and O–H groups in total. The van der Waals surface area contributed by atoms with Crippen LogP contribution in [0.1, 0.15) is 47.0 Å². The normalized spacial score (nSPS) is 29.7. The second kappa shape index (κ2) is 9.04. The van der Waals surface area contributed by atoms with Crippen molar-refractivity contribution in [1.82, 2.24) is 15.5 Å². The van der Waals surface area contributed by atoms with Gasteiger partial charge in [0, 0.05) is 39.2 Å². The molecular formula is C19H38N4O. The lowest BCUT2D eigenvalue weighted by Crippen LogP contribution is -2.48. The van der Waals surface area contributed by atoms with Crippen molar-refractivity contribution in [3.05, 3.63) is 0 Å². The van der Waals surface area contributed by atoms with E-state index in [0.29, 0.717) is 12.0 Å². The van der Waals surface area contributed by atoms with Crippen molar-refractivity contribution in [2.45, 2.75) is 53.1 Å². The third-order valence-corrected chi connectivity index (χ3v) is 5.43. The maximum Gasteiger partial charge on any atom is 0.190 e. The average molecular weight is 339 g/mol. The first-order valence-electron chi connectivity index (χ1n) is 9.72. The molecule has 0 aliphatic carbocycles. The molecule has 0 bridgehead atoms. The van der Waals surface area contributed by atoms with Crippen molar-refractivity contribution < 1.29 is 4.74 Å². The first-order chi connectivity index (χ1) is 11.4. The van der Waals surface area contributed by atoms with E-state index >= 15 is 0 Å². The number of likely N-dealkylation sites (tertiary alicyclic amines) is 1. The van der Waals surface area contributed by atoms with Crippen molar-refractivity contribution in [1.29, 1.82) is 0 Å². The fraction of sp³-hybridized carbons (Fsp3) is 0.947. The van der Waals surface area contributed by atoms with Gasteiger partial charge in [-0.2, -0.15) is 0 Å². The molecule has 0 aromatic rings. The molecule has 0 aromatic heterocycles. The summed E-state index contributed by atoms with van der Waals surface area (Å²) in [6.45, 7) is 15.6. The number of rotatable bonds is 5. The molecule has 2 rings (SSSR count). The third kappa shape index (κ3) is 5.62. The van der Waals surface area contributed by atoms with Crippen LogP contribution in [0.2, 0.25) is 0 Å². The smallest absolute Gasteiger partial charge is 0.190 e. The molecule has 3 atom stereocenters. The monoisotopic (exact) mass is 338 g/mol. The van der Waals surface area contributed by atoms with Gasteiger partial charge >= 0.3 is 0 Å². The standard InChI is InChI=1S/C19H38N4O/c1-6-23-10-9-15(14-23)12-21-18(20-5)22-13-16-8-7-11-24-17(16)19(2,3)4/h15-17H,6-14H2,1-5H3,(H2,20,21,22). The minimum atomic E-state index is 0.192. The molecule has 0 amide bonds. The number of aliphatic imine (C=N–C) groups is 1. The number of ether oxygens (including phenoxy) is 1. The zero-order valence-electron chi connectivity index (χ0n) is 16.4. The van der Waals surface area contributed by atoms with Gasteiger partial charge in [0.25, 0.3) is 0 Å². The van der Waals surface area contributed by atoms with Crippen LogP contribution in [0, 0.1) is 17.3 Å². The first-order valence-corrected chi connectivity index (χ1v) is 9.72. The third-order valence-electron chi connectivity index (χ3n) is 5.43. The van der Waals surface area contributed by atoms with Gasteiger partial charge in [-0.1, -0.05) is 27.7 Å². The molecule has 0 aromatic carbocycles. The van der Waals surface area contributed by atoms with E-state index in [1.165, 1.54) is 38.9 Å². The Morgan fingerprint density at radius 3 is 2.58 bits per heavy atom. The van der Waals surface area contributed by atoms with E-state index < -0.39 is 0 Å². The van der Waals surface area contributed by atoms with Crippen LogP contribution < -0.4 is 10.6 Å². The Labute approximate surface area is 148 Å². The Kier molecular flexibility index (Phi) is 7.35. The Hall–Kier alpha value is -0.810. The van der Waals surface area contributed by atoms with Gasteiger partial charge in [0.15, 0.2) is 5.96 Å². The number of guanidine groups is 1. The molecule has 2 aliphatic rings. The second-order valence-electron chi connectivity index (χ2n) is 8.44. The summed E-state index contributed by atoms with van der Waals surface area (Å²) in [5, 5.41) is 7.06.